The predicted octanol–water partition coefficient (Wildman–Crippen LogP) is 3.73. The number of hydrogen-bond acceptors (Lipinski definition) is 4. The predicted molar refractivity (Wildman–Crippen MR) is 105 cm³/mol. The van der Waals surface area contributed by atoms with E-state index in [4.69, 9.17) is 9.47 Å². The lowest BCUT2D eigenvalue weighted by molar-refractivity contribution is 0.171. The molecule has 0 aliphatic carbocycles. The van der Waals surface area contributed by atoms with Crippen molar-refractivity contribution < 1.29 is 14.3 Å². The van der Waals surface area contributed by atoms with Crippen molar-refractivity contribution in [2.75, 3.05) is 18.5 Å². The quantitative estimate of drug-likeness (QED) is 0.663. The fourth-order valence-corrected chi connectivity index (χ4v) is 2.93. The molecule has 2 amide bonds. The van der Waals surface area contributed by atoms with Crippen molar-refractivity contribution in [3.8, 4) is 17.2 Å². The normalized spacial score (nSPS) is 12.5. The molecule has 0 bridgehead atoms. The molecule has 1 aliphatic rings. The van der Waals surface area contributed by atoms with Crippen LogP contribution in [0.4, 0.5) is 10.5 Å². The Morgan fingerprint density at radius 2 is 1.89 bits per heavy atom. The molecular weight excluding hydrogens is 412 g/mol. The summed E-state index contributed by atoms with van der Waals surface area (Å²) in [5, 5.41) is 9.93. The molecule has 2 heterocycles. The highest BCUT2D eigenvalue weighted by molar-refractivity contribution is 9.10. The zero-order chi connectivity index (χ0) is 18.6. The summed E-state index contributed by atoms with van der Waals surface area (Å²) < 4.78 is 13.8. The first kappa shape index (κ1) is 17.4. The van der Waals surface area contributed by atoms with Crippen molar-refractivity contribution in [3.63, 3.8) is 0 Å². The zero-order valence-corrected chi connectivity index (χ0v) is 15.9. The second-order valence-electron chi connectivity index (χ2n) is 5.94. The van der Waals surface area contributed by atoms with Crippen LogP contribution in [0.25, 0.3) is 5.69 Å². The number of aromatic nitrogens is 2. The third kappa shape index (κ3) is 4.22. The molecule has 0 atom stereocenters. The summed E-state index contributed by atoms with van der Waals surface area (Å²) in [5.41, 5.74) is 2.49. The van der Waals surface area contributed by atoms with Crippen molar-refractivity contribution in [2.24, 2.45) is 0 Å². The maximum absolute atomic E-state index is 12.1. The number of halogens is 1. The molecular formula is C19H17BrN4O3. The molecule has 3 aromatic rings. The average Bonchev–Trinajstić information content (AvgIpc) is 3.16. The molecule has 0 fully saturated rings. The van der Waals surface area contributed by atoms with Gasteiger partial charge in [0.05, 0.1) is 11.9 Å². The maximum atomic E-state index is 12.1. The smallest absolute Gasteiger partial charge is 0.319 e. The van der Waals surface area contributed by atoms with Gasteiger partial charge in [-0.3, -0.25) is 0 Å². The average molecular weight is 429 g/mol. The van der Waals surface area contributed by atoms with Crippen LogP contribution in [0.5, 0.6) is 11.5 Å². The van der Waals surface area contributed by atoms with Gasteiger partial charge in [-0.15, -0.1) is 0 Å². The molecule has 27 heavy (non-hydrogen) atoms. The molecule has 4 rings (SSSR count). The number of urea groups is 1. The summed E-state index contributed by atoms with van der Waals surface area (Å²) in [6.07, 6.45) is 3.61. The topological polar surface area (TPSA) is 77.4 Å². The number of nitrogens with one attached hydrogen (secondary N) is 2. The number of anilines is 1. The van der Waals surface area contributed by atoms with Crippen molar-refractivity contribution >= 4 is 27.6 Å². The molecule has 1 aliphatic heterocycles. The van der Waals surface area contributed by atoms with Crippen LogP contribution in [0.2, 0.25) is 0 Å². The van der Waals surface area contributed by atoms with Gasteiger partial charge in [-0.2, -0.15) is 5.10 Å². The van der Waals surface area contributed by atoms with E-state index in [1.165, 1.54) is 0 Å². The number of carbonyl (C=O) groups excluding carboxylic acids is 1. The summed E-state index contributed by atoms with van der Waals surface area (Å²) in [4.78, 5) is 12.1. The summed E-state index contributed by atoms with van der Waals surface area (Å²) in [7, 11) is 0. The number of hydrogen-bond donors (Lipinski definition) is 2. The van der Waals surface area contributed by atoms with Gasteiger partial charge in [0.1, 0.15) is 13.2 Å². The molecule has 2 N–H and O–H groups in total. The summed E-state index contributed by atoms with van der Waals surface area (Å²) in [6.45, 7) is 1.41. The van der Waals surface area contributed by atoms with Gasteiger partial charge in [-0.05, 0) is 36.4 Å². The Morgan fingerprint density at radius 3 is 2.70 bits per heavy atom. The van der Waals surface area contributed by atoms with Gasteiger partial charge >= 0.3 is 6.03 Å². The van der Waals surface area contributed by atoms with Crippen LogP contribution in [0.15, 0.2) is 59.3 Å². The van der Waals surface area contributed by atoms with E-state index in [9.17, 15) is 4.79 Å². The van der Waals surface area contributed by atoms with E-state index in [-0.39, 0.29) is 6.03 Å². The minimum absolute atomic E-state index is 0.303. The van der Waals surface area contributed by atoms with Gasteiger partial charge < -0.3 is 20.1 Å². The molecule has 7 nitrogen and oxygen atoms in total. The van der Waals surface area contributed by atoms with Gasteiger partial charge in [-0.25, -0.2) is 9.48 Å². The third-order valence-corrected chi connectivity index (χ3v) is 4.51. The lowest BCUT2D eigenvalue weighted by Crippen LogP contribution is -2.28. The highest BCUT2D eigenvalue weighted by Gasteiger charge is 2.12. The van der Waals surface area contributed by atoms with Gasteiger partial charge in [0.15, 0.2) is 11.5 Å². The SMILES string of the molecule is O=C(NCc1cnn(-c2ccc(Br)cc2)c1)Nc1ccc2c(c1)OCCO2. The standard InChI is InChI=1S/C19H17BrN4O3/c20-14-1-4-16(5-2-14)24-12-13(11-22-24)10-21-19(25)23-15-3-6-17-18(9-15)27-8-7-26-17/h1-6,9,11-12H,7-8,10H2,(H2,21,23,25). The van der Waals surface area contributed by atoms with Crippen LogP contribution in [0.1, 0.15) is 5.56 Å². The van der Waals surface area contributed by atoms with Crippen molar-refractivity contribution in [3.05, 3.63) is 64.9 Å². The lowest BCUT2D eigenvalue weighted by atomic mass is 10.2. The fraction of sp³-hybridized carbons (Fsp3) is 0.158. The molecule has 0 spiro atoms. The highest BCUT2D eigenvalue weighted by Crippen LogP contribution is 2.32. The van der Waals surface area contributed by atoms with Crippen LogP contribution >= 0.6 is 15.9 Å². The minimum Gasteiger partial charge on any atom is -0.486 e. The van der Waals surface area contributed by atoms with Crippen LogP contribution < -0.4 is 20.1 Å². The van der Waals surface area contributed by atoms with Gasteiger partial charge in [0.2, 0.25) is 0 Å². The number of ether oxygens (including phenoxy) is 2. The molecule has 0 radical (unpaired) electrons. The van der Waals surface area contributed by atoms with Crippen LogP contribution in [-0.4, -0.2) is 29.0 Å². The second-order valence-corrected chi connectivity index (χ2v) is 6.85. The van der Waals surface area contributed by atoms with Crippen LogP contribution in [-0.2, 0) is 6.54 Å². The maximum Gasteiger partial charge on any atom is 0.319 e. The largest absolute Gasteiger partial charge is 0.486 e. The summed E-state index contributed by atoms with van der Waals surface area (Å²) in [6, 6.07) is 12.8. The number of carbonyl (C=O) groups is 1. The molecule has 2 aromatic carbocycles. The van der Waals surface area contributed by atoms with E-state index in [0.717, 1.165) is 15.7 Å². The molecule has 1 aromatic heterocycles. The van der Waals surface area contributed by atoms with Gasteiger partial charge in [-0.1, -0.05) is 15.9 Å². The lowest BCUT2D eigenvalue weighted by Gasteiger charge is -2.19. The van der Waals surface area contributed by atoms with E-state index < -0.39 is 0 Å². The van der Waals surface area contributed by atoms with Crippen molar-refractivity contribution in [1.29, 1.82) is 0 Å². The molecule has 138 valence electrons. The molecule has 8 heteroatoms. The minimum atomic E-state index is -0.303. The van der Waals surface area contributed by atoms with E-state index >= 15 is 0 Å². The van der Waals surface area contributed by atoms with E-state index in [1.54, 1.807) is 29.1 Å². The Balaban J connectivity index is 1.34. The van der Waals surface area contributed by atoms with Crippen LogP contribution in [0.3, 0.4) is 0 Å². The third-order valence-electron chi connectivity index (χ3n) is 3.98. The molecule has 0 saturated carbocycles. The molecule has 0 saturated heterocycles. The van der Waals surface area contributed by atoms with Gasteiger partial charge in [0.25, 0.3) is 0 Å². The Labute approximate surface area is 164 Å². The Hall–Kier alpha value is -3.00. The number of nitrogens with zero attached hydrogens (tertiary/aromatic N) is 2. The zero-order valence-electron chi connectivity index (χ0n) is 14.3. The number of amides is 2. The summed E-state index contributed by atoms with van der Waals surface area (Å²) >= 11 is 3.41. The van der Waals surface area contributed by atoms with Crippen molar-refractivity contribution in [1.82, 2.24) is 15.1 Å². The summed E-state index contributed by atoms with van der Waals surface area (Å²) in [5.74, 6) is 1.32. The van der Waals surface area contributed by atoms with Crippen molar-refractivity contribution in [2.45, 2.75) is 6.54 Å². The van der Waals surface area contributed by atoms with E-state index in [2.05, 4.69) is 31.7 Å². The number of rotatable bonds is 4. The Kier molecular flexibility index (Phi) is 4.97. The Morgan fingerprint density at radius 1 is 1.11 bits per heavy atom. The number of fused-ring (bicyclic) bond motifs is 1. The highest BCUT2D eigenvalue weighted by atomic mass is 79.9. The second kappa shape index (κ2) is 7.71. The fourth-order valence-electron chi connectivity index (χ4n) is 2.67. The number of benzene rings is 2. The Bertz CT molecular complexity index is 956. The molecule has 0 unspecified atom stereocenters. The first-order valence-electron chi connectivity index (χ1n) is 8.41. The monoisotopic (exact) mass is 428 g/mol. The first-order valence-corrected chi connectivity index (χ1v) is 9.21. The first-order chi connectivity index (χ1) is 13.2. The van der Waals surface area contributed by atoms with Crippen LogP contribution in [0, 0.1) is 0 Å². The van der Waals surface area contributed by atoms with E-state index in [1.807, 2.05) is 30.5 Å². The van der Waals surface area contributed by atoms with Gasteiger partial charge in [0, 0.05) is 34.5 Å². The van der Waals surface area contributed by atoms with E-state index in [0.29, 0.717) is 36.9 Å².